The Kier molecular flexibility index (Phi) is 4.84. The number of halogens is 1. The molecule has 4 nitrogen and oxygen atoms in total. The van der Waals surface area contributed by atoms with Crippen LogP contribution >= 0.6 is 11.6 Å². The number of nitrogens with zero attached hydrogens (tertiary/aromatic N) is 1. The molecule has 0 radical (unpaired) electrons. The van der Waals surface area contributed by atoms with Gasteiger partial charge in [0.05, 0.1) is 5.25 Å². The first kappa shape index (κ1) is 14.8. The number of rotatable bonds is 4. The maximum absolute atomic E-state index is 12.5. The van der Waals surface area contributed by atoms with E-state index in [9.17, 15) is 8.42 Å². The van der Waals surface area contributed by atoms with Crippen LogP contribution in [-0.4, -0.2) is 38.1 Å². The molecule has 1 fully saturated rings. The molecule has 0 amide bonds. The summed E-state index contributed by atoms with van der Waals surface area (Å²) in [7, 11) is -1.62. The van der Waals surface area contributed by atoms with Gasteiger partial charge in [-0.25, -0.2) is 12.7 Å². The van der Waals surface area contributed by atoms with Crippen molar-refractivity contribution in [3.8, 4) is 0 Å². The second-order valence-electron chi connectivity index (χ2n) is 4.84. The lowest BCUT2D eigenvalue weighted by Gasteiger charge is -2.27. The first-order valence-electron chi connectivity index (χ1n) is 6.41. The predicted molar refractivity (Wildman–Crippen MR) is 77.7 cm³/mol. The van der Waals surface area contributed by atoms with Gasteiger partial charge < -0.3 is 5.32 Å². The van der Waals surface area contributed by atoms with Crippen LogP contribution in [0.4, 0.5) is 0 Å². The van der Waals surface area contributed by atoms with E-state index in [1.54, 1.807) is 13.1 Å². The number of benzene rings is 1. The SMILES string of the molecule is CN(Cc1ccccc1Cl)S(=O)(=O)C1CCNCC1. The molecule has 1 N–H and O–H groups in total. The van der Waals surface area contributed by atoms with E-state index in [4.69, 9.17) is 11.6 Å². The third kappa shape index (κ3) is 3.48. The van der Waals surface area contributed by atoms with Gasteiger partial charge in [0.2, 0.25) is 10.0 Å². The highest BCUT2D eigenvalue weighted by atomic mass is 35.5. The van der Waals surface area contributed by atoms with Crippen molar-refractivity contribution in [3.05, 3.63) is 34.9 Å². The summed E-state index contributed by atoms with van der Waals surface area (Å²) in [6, 6.07) is 7.35. The number of piperidine rings is 1. The van der Waals surface area contributed by atoms with Gasteiger partial charge in [0.1, 0.15) is 0 Å². The molecule has 1 saturated heterocycles. The molecule has 1 aromatic rings. The third-order valence-corrected chi connectivity index (χ3v) is 6.17. The zero-order chi connectivity index (χ0) is 13.9. The van der Waals surface area contributed by atoms with E-state index < -0.39 is 10.0 Å². The van der Waals surface area contributed by atoms with Crippen molar-refractivity contribution < 1.29 is 8.42 Å². The fourth-order valence-electron chi connectivity index (χ4n) is 2.30. The van der Waals surface area contributed by atoms with Gasteiger partial charge >= 0.3 is 0 Å². The van der Waals surface area contributed by atoms with Gasteiger partial charge in [0, 0.05) is 18.6 Å². The Bertz CT molecular complexity index is 527. The molecule has 0 atom stereocenters. The maximum atomic E-state index is 12.5. The number of hydrogen-bond acceptors (Lipinski definition) is 3. The average Bonchev–Trinajstić information content (AvgIpc) is 2.42. The van der Waals surface area contributed by atoms with Gasteiger partial charge in [-0.1, -0.05) is 29.8 Å². The Balaban J connectivity index is 2.10. The largest absolute Gasteiger partial charge is 0.317 e. The number of nitrogens with one attached hydrogen (secondary N) is 1. The highest BCUT2D eigenvalue weighted by Crippen LogP contribution is 2.21. The average molecular weight is 303 g/mol. The summed E-state index contributed by atoms with van der Waals surface area (Å²) in [6.07, 6.45) is 1.35. The fraction of sp³-hybridized carbons (Fsp3) is 0.538. The lowest BCUT2D eigenvalue weighted by molar-refractivity contribution is 0.428. The molecule has 0 aliphatic carbocycles. The summed E-state index contributed by atoms with van der Waals surface area (Å²) in [5.74, 6) is 0. The van der Waals surface area contributed by atoms with Gasteiger partial charge in [-0.2, -0.15) is 0 Å². The van der Waals surface area contributed by atoms with Crippen LogP contribution in [0.3, 0.4) is 0 Å². The van der Waals surface area contributed by atoms with Crippen molar-refractivity contribution in [2.24, 2.45) is 0 Å². The van der Waals surface area contributed by atoms with E-state index in [0.717, 1.165) is 18.7 Å². The summed E-state index contributed by atoms with van der Waals surface area (Å²) in [4.78, 5) is 0. The van der Waals surface area contributed by atoms with Crippen LogP contribution in [0.25, 0.3) is 0 Å². The summed E-state index contributed by atoms with van der Waals surface area (Å²) in [5, 5.41) is 3.51. The van der Waals surface area contributed by atoms with Gasteiger partial charge in [0.25, 0.3) is 0 Å². The monoisotopic (exact) mass is 302 g/mol. The van der Waals surface area contributed by atoms with Crippen LogP contribution < -0.4 is 5.32 Å². The van der Waals surface area contributed by atoms with Crippen molar-refractivity contribution in [2.45, 2.75) is 24.6 Å². The molecule has 0 aromatic heterocycles. The summed E-state index contributed by atoms with van der Waals surface area (Å²) < 4.78 is 26.3. The lowest BCUT2D eigenvalue weighted by Crippen LogP contribution is -2.42. The summed E-state index contributed by atoms with van der Waals surface area (Å²) in [6.45, 7) is 1.86. The third-order valence-electron chi connectivity index (χ3n) is 3.49. The molecule has 1 aliphatic heterocycles. The van der Waals surface area contributed by atoms with Crippen LogP contribution in [0.15, 0.2) is 24.3 Å². The first-order valence-corrected chi connectivity index (χ1v) is 8.29. The molecular formula is C13H19ClN2O2S. The Morgan fingerprint density at radius 2 is 1.95 bits per heavy atom. The molecule has 1 aromatic carbocycles. The Morgan fingerprint density at radius 1 is 1.32 bits per heavy atom. The Hall–Kier alpha value is -0.620. The topological polar surface area (TPSA) is 49.4 Å². The quantitative estimate of drug-likeness (QED) is 0.923. The van der Waals surface area contributed by atoms with Crippen LogP contribution in [-0.2, 0) is 16.6 Å². The second kappa shape index (κ2) is 6.22. The van der Waals surface area contributed by atoms with Gasteiger partial charge in [-0.05, 0) is 37.6 Å². The van der Waals surface area contributed by atoms with Crippen molar-refractivity contribution in [1.82, 2.24) is 9.62 Å². The standard InChI is InChI=1S/C13H19ClN2O2S/c1-16(10-11-4-2-3-5-13(11)14)19(17,18)12-6-8-15-9-7-12/h2-5,12,15H,6-10H2,1H3. The van der Waals surface area contributed by atoms with Crippen LogP contribution in [0, 0.1) is 0 Å². The molecule has 1 aliphatic rings. The highest BCUT2D eigenvalue weighted by molar-refractivity contribution is 7.89. The van der Waals surface area contributed by atoms with Crippen molar-refractivity contribution in [1.29, 1.82) is 0 Å². The molecular weight excluding hydrogens is 284 g/mol. The van der Waals surface area contributed by atoms with E-state index >= 15 is 0 Å². The van der Waals surface area contributed by atoms with Crippen LogP contribution in [0.2, 0.25) is 5.02 Å². The minimum atomic E-state index is -3.24. The van der Waals surface area contributed by atoms with E-state index in [0.29, 0.717) is 24.4 Å². The highest BCUT2D eigenvalue weighted by Gasteiger charge is 2.30. The maximum Gasteiger partial charge on any atom is 0.217 e. The molecule has 0 saturated carbocycles. The van der Waals surface area contributed by atoms with Crippen LogP contribution in [0.1, 0.15) is 18.4 Å². The van der Waals surface area contributed by atoms with Gasteiger partial charge in [0.15, 0.2) is 0 Å². The molecule has 19 heavy (non-hydrogen) atoms. The Morgan fingerprint density at radius 3 is 2.58 bits per heavy atom. The molecule has 6 heteroatoms. The van der Waals surface area contributed by atoms with E-state index in [-0.39, 0.29) is 5.25 Å². The summed E-state index contributed by atoms with van der Waals surface area (Å²) >= 11 is 6.07. The smallest absolute Gasteiger partial charge is 0.217 e. The number of sulfonamides is 1. The first-order chi connectivity index (χ1) is 9.01. The normalized spacial score (nSPS) is 17.8. The van der Waals surface area contributed by atoms with Crippen molar-refractivity contribution >= 4 is 21.6 Å². The molecule has 0 unspecified atom stereocenters. The van der Waals surface area contributed by atoms with E-state index in [2.05, 4.69) is 5.32 Å². The zero-order valence-electron chi connectivity index (χ0n) is 11.0. The fourth-order valence-corrected chi connectivity index (χ4v) is 4.16. The van der Waals surface area contributed by atoms with Crippen molar-refractivity contribution in [3.63, 3.8) is 0 Å². The van der Waals surface area contributed by atoms with Gasteiger partial charge in [-0.3, -0.25) is 0 Å². The van der Waals surface area contributed by atoms with E-state index in [1.807, 2.05) is 18.2 Å². The number of hydrogen-bond donors (Lipinski definition) is 1. The molecule has 2 rings (SSSR count). The zero-order valence-corrected chi connectivity index (χ0v) is 12.5. The predicted octanol–water partition coefficient (Wildman–Crippen LogP) is 1.85. The molecule has 106 valence electrons. The van der Waals surface area contributed by atoms with Crippen LogP contribution in [0.5, 0.6) is 0 Å². The minimum absolute atomic E-state index is 0.277. The van der Waals surface area contributed by atoms with E-state index in [1.165, 1.54) is 4.31 Å². The molecule has 1 heterocycles. The summed E-state index contributed by atoms with van der Waals surface area (Å²) in [5.41, 5.74) is 0.837. The molecule has 0 spiro atoms. The van der Waals surface area contributed by atoms with Crippen molar-refractivity contribution in [2.75, 3.05) is 20.1 Å². The van der Waals surface area contributed by atoms with Gasteiger partial charge in [-0.15, -0.1) is 0 Å². The molecule has 0 bridgehead atoms. The lowest BCUT2D eigenvalue weighted by atomic mass is 10.2. The minimum Gasteiger partial charge on any atom is -0.317 e. The second-order valence-corrected chi connectivity index (χ2v) is 7.57. The Labute approximate surface area is 119 Å².